The second-order valence-corrected chi connectivity index (χ2v) is 5.70. The standard InChI is InChI=1S/C14H18N2O3S/c1-9-6-12(10(2)19-9)14(3,18)8-15-13(17)16-11-4-5-20-7-11/h4-7,18H,8H2,1-3H3,(H2,15,16,17). The number of aryl methyl sites for hydroxylation is 2. The topological polar surface area (TPSA) is 74.5 Å². The number of carbonyl (C=O) groups excluding carboxylic acids is 1. The number of thiophene rings is 1. The largest absolute Gasteiger partial charge is 0.466 e. The Hall–Kier alpha value is -1.79. The molecule has 2 aromatic rings. The molecule has 5 nitrogen and oxygen atoms in total. The Kier molecular flexibility index (Phi) is 4.15. The third-order valence-corrected chi connectivity index (χ3v) is 3.68. The van der Waals surface area contributed by atoms with Crippen LogP contribution in [0.3, 0.4) is 0 Å². The molecule has 0 aliphatic heterocycles. The molecule has 108 valence electrons. The van der Waals surface area contributed by atoms with Crippen molar-refractivity contribution in [3.05, 3.63) is 40.0 Å². The van der Waals surface area contributed by atoms with Crippen LogP contribution >= 0.6 is 11.3 Å². The van der Waals surface area contributed by atoms with Crippen LogP contribution < -0.4 is 10.6 Å². The minimum Gasteiger partial charge on any atom is -0.466 e. The molecule has 2 rings (SSSR count). The molecule has 2 heterocycles. The number of amides is 2. The van der Waals surface area contributed by atoms with Gasteiger partial charge in [-0.25, -0.2) is 4.79 Å². The van der Waals surface area contributed by atoms with Crippen molar-refractivity contribution in [1.29, 1.82) is 0 Å². The molecule has 0 saturated carbocycles. The highest BCUT2D eigenvalue weighted by molar-refractivity contribution is 7.08. The van der Waals surface area contributed by atoms with Crippen LogP contribution in [0.5, 0.6) is 0 Å². The predicted octanol–water partition coefficient (Wildman–Crippen LogP) is 2.99. The summed E-state index contributed by atoms with van der Waals surface area (Å²) >= 11 is 1.50. The quantitative estimate of drug-likeness (QED) is 0.811. The maximum atomic E-state index is 11.7. The van der Waals surface area contributed by atoms with Crippen molar-refractivity contribution in [2.24, 2.45) is 0 Å². The van der Waals surface area contributed by atoms with Crippen LogP contribution in [0, 0.1) is 13.8 Å². The van der Waals surface area contributed by atoms with E-state index in [1.165, 1.54) is 11.3 Å². The zero-order chi connectivity index (χ0) is 14.8. The van der Waals surface area contributed by atoms with Crippen molar-refractivity contribution in [3.8, 4) is 0 Å². The minimum absolute atomic E-state index is 0.1000. The van der Waals surface area contributed by atoms with E-state index in [1.54, 1.807) is 19.9 Å². The minimum atomic E-state index is -1.17. The summed E-state index contributed by atoms with van der Waals surface area (Å²) < 4.78 is 5.41. The summed E-state index contributed by atoms with van der Waals surface area (Å²) in [6.07, 6.45) is 0. The number of hydrogen-bond acceptors (Lipinski definition) is 4. The molecule has 0 saturated heterocycles. The van der Waals surface area contributed by atoms with E-state index in [2.05, 4.69) is 10.6 Å². The molecule has 0 spiro atoms. The molecule has 0 aliphatic rings. The van der Waals surface area contributed by atoms with E-state index < -0.39 is 5.60 Å². The number of nitrogens with one attached hydrogen (secondary N) is 2. The summed E-state index contributed by atoms with van der Waals surface area (Å²) in [5.74, 6) is 1.40. The van der Waals surface area contributed by atoms with Gasteiger partial charge < -0.3 is 20.2 Å². The average Bonchev–Trinajstić information content (AvgIpc) is 2.97. The van der Waals surface area contributed by atoms with Gasteiger partial charge in [-0.15, -0.1) is 0 Å². The van der Waals surface area contributed by atoms with Gasteiger partial charge in [-0.1, -0.05) is 0 Å². The molecule has 0 radical (unpaired) electrons. The Morgan fingerprint density at radius 3 is 2.80 bits per heavy atom. The SMILES string of the molecule is Cc1cc(C(C)(O)CNC(=O)Nc2ccsc2)c(C)o1. The Balaban J connectivity index is 1.95. The molecule has 6 heteroatoms. The van der Waals surface area contributed by atoms with Gasteiger partial charge in [0, 0.05) is 10.9 Å². The lowest BCUT2D eigenvalue weighted by Gasteiger charge is -2.23. The monoisotopic (exact) mass is 294 g/mol. The lowest BCUT2D eigenvalue weighted by Crippen LogP contribution is -2.40. The van der Waals surface area contributed by atoms with Crippen molar-refractivity contribution in [2.45, 2.75) is 26.4 Å². The lowest BCUT2D eigenvalue weighted by molar-refractivity contribution is 0.0584. The normalized spacial score (nSPS) is 13.8. The van der Waals surface area contributed by atoms with Crippen LogP contribution in [0.4, 0.5) is 10.5 Å². The van der Waals surface area contributed by atoms with Crippen LogP contribution in [0.1, 0.15) is 24.0 Å². The van der Waals surface area contributed by atoms with Crippen molar-refractivity contribution < 1.29 is 14.3 Å². The predicted molar refractivity (Wildman–Crippen MR) is 79.1 cm³/mol. The lowest BCUT2D eigenvalue weighted by atomic mass is 9.96. The maximum absolute atomic E-state index is 11.7. The second kappa shape index (κ2) is 5.68. The molecule has 20 heavy (non-hydrogen) atoms. The average molecular weight is 294 g/mol. The first-order valence-corrected chi connectivity index (χ1v) is 7.20. The Labute approximate surface area is 121 Å². The molecule has 3 N–H and O–H groups in total. The molecule has 2 aromatic heterocycles. The Morgan fingerprint density at radius 2 is 2.25 bits per heavy atom. The van der Waals surface area contributed by atoms with E-state index in [0.717, 1.165) is 11.4 Å². The van der Waals surface area contributed by atoms with Gasteiger partial charge in [-0.3, -0.25) is 0 Å². The van der Waals surface area contributed by atoms with E-state index in [9.17, 15) is 9.90 Å². The van der Waals surface area contributed by atoms with Gasteiger partial charge >= 0.3 is 6.03 Å². The summed E-state index contributed by atoms with van der Waals surface area (Å²) in [4.78, 5) is 11.7. The molecule has 0 aromatic carbocycles. The van der Waals surface area contributed by atoms with Gasteiger partial charge in [0.05, 0.1) is 12.2 Å². The zero-order valence-corrected chi connectivity index (χ0v) is 12.5. The van der Waals surface area contributed by atoms with Crippen LogP contribution in [0.15, 0.2) is 27.3 Å². The van der Waals surface area contributed by atoms with Gasteiger partial charge in [0.2, 0.25) is 0 Å². The third-order valence-electron chi connectivity index (χ3n) is 2.99. The molecule has 0 aliphatic carbocycles. The maximum Gasteiger partial charge on any atom is 0.319 e. The number of urea groups is 1. The summed E-state index contributed by atoms with van der Waals surface area (Å²) in [6, 6.07) is 3.25. The first-order chi connectivity index (χ1) is 9.38. The number of furan rings is 1. The third kappa shape index (κ3) is 3.40. The van der Waals surface area contributed by atoms with Gasteiger partial charge in [0.25, 0.3) is 0 Å². The number of rotatable bonds is 4. The molecular weight excluding hydrogens is 276 g/mol. The van der Waals surface area contributed by atoms with Gasteiger partial charge in [0.15, 0.2) is 0 Å². The van der Waals surface area contributed by atoms with Crippen molar-refractivity contribution >= 4 is 23.1 Å². The van der Waals surface area contributed by atoms with Gasteiger partial charge in [0.1, 0.15) is 17.1 Å². The van der Waals surface area contributed by atoms with E-state index in [1.807, 2.05) is 23.8 Å². The van der Waals surface area contributed by atoms with E-state index in [4.69, 9.17) is 4.42 Å². The highest BCUT2D eigenvalue weighted by Gasteiger charge is 2.28. The van der Waals surface area contributed by atoms with Crippen LogP contribution in [-0.2, 0) is 5.60 Å². The molecule has 1 atom stereocenters. The van der Waals surface area contributed by atoms with E-state index >= 15 is 0 Å². The van der Waals surface area contributed by atoms with Crippen LogP contribution in [0.25, 0.3) is 0 Å². The summed E-state index contributed by atoms with van der Waals surface area (Å²) in [5.41, 5.74) is 0.252. The Morgan fingerprint density at radius 1 is 1.50 bits per heavy atom. The van der Waals surface area contributed by atoms with Gasteiger partial charge in [-0.2, -0.15) is 11.3 Å². The molecule has 0 fully saturated rings. The molecule has 2 amide bonds. The summed E-state index contributed by atoms with van der Waals surface area (Å²) in [5, 5.41) is 19.5. The molecular formula is C14H18N2O3S. The van der Waals surface area contributed by atoms with Crippen LogP contribution in [-0.4, -0.2) is 17.7 Å². The number of hydrogen-bond donors (Lipinski definition) is 3. The highest BCUT2D eigenvalue weighted by atomic mass is 32.1. The fraction of sp³-hybridized carbons (Fsp3) is 0.357. The fourth-order valence-corrected chi connectivity index (χ4v) is 2.61. The number of carbonyl (C=O) groups is 1. The smallest absolute Gasteiger partial charge is 0.319 e. The first kappa shape index (κ1) is 14.6. The summed E-state index contributed by atoms with van der Waals surface area (Å²) in [6.45, 7) is 5.36. The second-order valence-electron chi connectivity index (χ2n) is 4.92. The molecule has 1 unspecified atom stereocenters. The highest BCUT2D eigenvalue weighted by Crippen LogP contribution is 2.26. The first-order valence-electron chi connectivity index (χ1n) is 6.25. The molecule has 0 bridgehead atoms. The van der Waals surface area contributed by atoms with E-state index in [-0.39, 0.29) is 12.6 Å². The zero-order valence-electron chi connectivity index (χ0n) is 11.7. The van der Waals surface area contributed by atoms with Crippen molar-refractivity contribution in [3.63, 3.8) is 0 Å². The fourth-order valence-electron chi connectivity index (χ4n) is 2.02. The van der Waals surface area contributed by atoms with Gasteiger partial charge in [-0.05, 0) is 38.3 Å². The van der Waals surface area contributed by atoms with E-state index in [0.29, 0.717) is 11.3 Å². The number of aliphatic hydroxyl groups is 1. The Bertz CT molecular complexity index is 588. The number of anilines is 1. The summed E-state index contributed by atoms with van der Waals surface area (Å²) in [7, 11) is 0. The van der Waals surface area contributed by atoms with Crippen molar-refractivity contribution in [2.75, 3.05) is 11.9 Å². The van der Waals surface area contributed by atoms with Crippen molar-refractivity contribution in [1.82, 2.24) is 5.32 Å². The van der Waals surface area contributed by atoms with Crippen LogP contribution in [0.2, 0.25) is 0 Å².